The number of hydrogen-bond donors (Lipinski definition) is 2. The number of nitrogens with one attached hydrogen (secondary N) is 1. The fourth-order valence-corrected chi connectivity index (χ4v) is 2.98. The first-order valence-electron chi connectivity index (χ1n) is 6.99. The normalized spacial score (nSPS) is 17.4. The minimum Gasteiger partial charge on any atom is -0.352 e. The van der Waals surface area contributed by atoms with Crippen molar-refractivity contribution in [1.82, 2.24) is 10.2 Å². The van der Waals surface area contributed by atoms with Gasteiger partial charge in [-0.3, -0.25) is 9.59 Å². The van der Waals surface area contributed by atoms with E-state index < -0.39 is 0 Å². The summed E-state index contributed by atoms with van der Waals surface area (Å²) in [5.41, 5.74) is 6.30. The molecule has 1 aliphatic rings. The third kappa shape index (κ3) is 5.30. The Balaban J connectivity index is 0.00000220. The van der Waals surface area contributed by atoms with Gasteiger partial charge in [0.2, 0.25) is 5.91 Å². The van der Waals surface area contributed by atoms with Crippen molar-refractivity contribution < 1.29 is 9.59 Å². The number of thiophene rings is 1. The highest BCUT2D eigenvalue weighted by Crippen LogP contribution is 2.16. The van der Waals surface area contributed by atoms with Gasteiger partial charge in [-0.2, -0.15) is 11.3 Å². The summed E-state index contributed by atoms with van der Waals surface area (Å²) in [6.07, 6.45) is 2.18. The monoisotopic (exact) mass is 331 g/mol. The van der Waals surface area contributed by atoms with Crippen molar-refractivity contribution in [3.8, 4) is 0 Å². The zero-order chi connectivity index (χ0) is 14.4. The van der Waals surface area contributed by atoms with Gasteiger partial charge in [0.1, 0.15) is 0 Å². The Morgan fingerprint density at radius 1 is 1.48 bits per heavy atom. The molecule has 21 heavy (non-hydrogen) atoms. The summed E-state index contributed by atoms with van der Waals surface area (Å²) in [5, 5.41) is 6.52. The number of halogens is 1. The topological polar surface area (TPSA) is 75.4 Å². The van der Waals surface area contributed by atoms with E-state index in [0.29, 0.717) is 37.4 Å². The van der Waals surface area contributed by atoms with Gasteiger partial charge in [-0.15, -0.1) is 12.4 Å². The van der Waals surface area contributed by atoms with Crippen LogP contribution in [-0.2, 0) is 4.79 Å². The molecule has 2 heterocycles. The van der Waals surface area contributed by atoms with Gasteiger partial charge < -0.3 is 16.0 Å². The molecule has 0 bridgehead atoms. The summed E-state index contributed by atoms with van der Waals surface area (Å²) < 4.78 is 0. The number of nitrogens with zero attached hydrogens (tertiary/aromatic N) is 1. The molecule has 3 N–H and O–H groups in total. The number of rotatable bonds is 6. The molecular weight excluding hydrogens is 310 g/mol. The van der Waals surface area contributed by atoms with Crippen LogP contribution in [0.5, 0.6) is 0 Å². The van der Waals surface area contributed by atoms with Crippen LogP contribution in [0, 0.1) is 5.92 Å². The Hall–Kier alpha value is -1.11. The maximum absolute atomic E-state index is 12.0. The highest BCUT2D eigenvalue weighted by Gasteiger charge is 2.24. The lowest BCUT2D eigenvalue weighted by atomic mass is 10.1. The predicted octanol–water partition coefficient (Wildman–Crippen LogP) is 1.49. The summed E-state index contributed by atoms with van der Waals surface area (Å²) >= 11 is 1.50. The van der Waals surface area contributed by atoms with Crippen LogP contribution in [0.3, 0.4) is 0 Å². The van der Waals surface area contributed by atoms with Crippen LogP contribution in [0.25, 0.3) is 0 Å². The summed E-state index contributed by atoms with van der Waals surface area (Å²) in [5.74, 6) is 0.561. The molecule has 1 aromatic rings. The number of nitrogens with two attached hydrogens (primary N) is 1. The van der Waals surface area contributed by atoms with Gasteiger partial charge in [-0.05, 0) is 36.8 Å². The number of carbonyl (C=O) groups excluding carboxylic acids is 2. The molecule has 1 fully saturated rings. The molecule has 0 saturated carbocycles. The number of hydrogen-bond acceptors (Lipinski definition) is 4. The SMILES string of the molecule is Cl.NCC1CCN(C(=O)CCCNC(=O)c2ccsc2)C1. The number of amides is 2. The van der Waals surface area contributed by atoms with Crippen LogP contribution >= 0.6 is 23.7 Å². The summed E-state index contributed by atoms with van der Waals surface area (Å²) in [7, 11) is 0. The third-order valence-electron chi connectivity index (χ3n) is 3.61. The van der Waals surface area contributed by atoms with E-state index in [2.05, 4.69) is 5.32 Å². The number of carbonyl (C=O) groups is 2. The molecular formula is C14H22ClN3O2S. The maximum atomic E-state index is 12.0. The van der Waals surface area contributed by atoms with Crippen molar-refractivity contribution in [3.05, 3.63) is 22.4 Å². The quantitative estimate of drug-likeness (QED) is 0.775. The molecule has 1 saturated heterocycles. The standard InChI is InChI=1S/C14H21N3O2S.ClH/c15-8-11-3-6-17(9-11)13(18)2-1-5-16-14(19)12-4-7-20-10-12;/h4,7,10-11H,1-3,5-6,8-9,15H2,(H,16,19);1H. The van der Waals surface area contributed by atoms with Crippen LogP contribution in [0.4, 0.5) is 0 Å². The maximum Gasteiger partial charge on any atom is 0.252 e. The highest BCUT2D eigenvalue weighted by molar-refractivity contribution is 7.08. The third-order valence-corrected chi connectivity index (χ3v) is 4.29. The zero-order valence-corrected chi connectivity index (χ0v) is 13.5. The van der Waals surface area contributed by atoms with Crippen LogP contribution in [0.1, 0.15) is 29.6 Å². The lowest BCUT2D eigenvalue weighted by molar-refractivity contribution is -0.130. The minimum absolute atomic E-state index is 0. The molecule has 0 aromatic carbocycles. The molecule has 118 valence electrons. The fourth-order valence-electron chi connectivity index (χ4n) is 2.35. The molecule has 2 rings (SSSR count). The van der Waals surface area contributed by atoms with Gasteiger partial charge in [-0.1, -0.05) is 0 Å². The molecule has 2 amide bonds. The van der Waals surface area contributed by atoms with E-state index in [-0.39, 0.29) is 24.2 Å². The Kier molecular flexibility index (Phi) is 7.71. The second-order valence-electron chi connectivity index (χ2n) is 5.10. The Morgan fingerprint density at radius 3 is 2.90 bits per heavy atom. The van der Waals surface area contributed by atoms with Crippen LogP contribution in [0.15, 0.2) is 16.8 Å². The van der Waals surface area contributed by atoms with E-state index in [9.17, 15) is 9.59 Å². The van der Waals surface area contributed by atoms with E-state index in [4.69, 9.17) is 5.73 Å². The minimum atomic E-state index is -0.0666. The zero-order valence-electron chi connectivity index (χ0n) is 11.9. The molecule has 1 aliphatic heterocycles. The molecule has 1 atom stereocenters. The van der Waals surface area contributed by atoms with Crippen molar-refractivity contribution in [2.24, 2.45) is 11.7 Å². The van der Waals surface area contributed by atoms with Crippen LogP contribution < -0.4 is 11.1 Å². The van der Waals surface area contributed by atoms with E-state index in [1.165, 1.54) is 11.3 Å². The average Bonchev–Trinajstić information content (AvgIpc) is 3.13. The smallest absolute Gasteiger partial charge is 0.252 e. The van der Waals surface area contributed by atoms with Gasteiger partial charge in [0.15, 0.2) is 0 Å². The Bertz CT molecular complexity index is 453. The van der Waals surface area contributed by atoms with Crippen molar-refractivity contribution in [2.45, 2.75) is 19.3 Å². The first-order chi connectivity index (χ1) is 9.70. The van der Waals surface area contributed by atoms with Crippen molar-refractivity contribution >= 4 is 35.6 Å². The first kappa shape index (κ1) is 17.9. The molecule has 0 radical (unpaired) electrons. The second kappa shape index (κ2) is 9.02. The van der Waals surface area contributed by atoms with Gasteiger partial charge in [-0.25, -0.2) is 0 Å². The molecule has 5 nitrogen and oxygen atoms in total. The molecule has 0 aliphatic carbocycles. The van der Waals surface area contributed by atoms with Gasteiger partial charge in [0.25, 0.3) is 5.91 Å². The summed E-state index contributed by atoms with van der Waals surface area (Å²) in [6, 6.07) is 1.79. The van der Waals surface area contributed by atoms with Gasteiger partial charge in [0.05, 0.1) is 0 Å². The highest BCUT2D eigenvalue weighted by atomic mass is 35.5. The lowest BCUT2D eigenvalue weighted by Gasteiger charge is -2.16. The molecule has 7 heteroatoms. The van der Waals surface area contributed by atoms with E-state index in [1.807, 2.05) is 15.7 Å². The van der Waals surface area contributed by atoms with Crippen LogP contribution in [-0.4, -0.2) is 42.9 Å². The van der Waals surface area contributed by atoms with E-state index >= 15 is 0 Å². The van der Waals surface area contributed by atoms with Crippen LogP contribution in [0.2, 0.25) is 0 Å². The molecule has 0 spiro atoms. The lowest BCUT2D eigenvalue weighted by Crippen LogP contribution is -2.31. The molecule has 1 unspecified atom stereocenters. The molecule has 1 aromatic heterocycles. The largest absolute Gasteiger partial charge is 0.352 e. The van der Waals surface area contributed by atoms with Crippen molar-refractivity contribution in [3.63, 3.8) is 0 Å². The fraction of sp³-hybridized carbons (Fsp3) is 0.571. The number of likely N-dealkylation sites (tertiary alicyclic amines) is 1. The Labute approximate surface area is 135 Å². The van der Waals surface area contributed by atoms with Crippen molar-refractivity contribution in [2.75, 3.05) is 26.2 Å². The predicted molar refractivity (Wildman–Crippen MR) is 86.9 cm³/mol. The summed E-state index contributed by atoms with van der Waals surface area (Å²) in [6.45, 7) is 2.80. The summed E-state index contributed by atoms with van der Waals surface area (Å²) in [4.78, 5) is 25.5. The van der Waals surface area contributed by atoms with Gasteiger partial charge >= 0.3 is 0 Å². The van der Waals surface area contributed by atoms with Gasteiger partial charge in [0, 0.05) is 37.0 Å². The Morgan fingerprint density at radius 2 is 2.29 bits per heavy atom. The van der Waals surface area contributed by atoms with E-state index in [0.717, 1.165) is 19.5 Å². The second-order valence-corrected chi connectivity index (χ2v) is 5.88. The first-order valence-corrected chi connectivity index (χ1v) is 7.93. The van der Waals surface area contributed by atoms with Crippen molar-refractivity contribution in [1.29, 1.82) is 0 Å². The van der Waals surface area contributed by atoms with E-state index in [1.54, 1.807) is 6.07 Å². The average molecular weight is 332 g/mol.